The van der Waals surface area contributed by atoms with Crippen molar-refractivity contribution >= 4 is 68.9 Å². The largest absolute Gasteiger partial charge is 0.501 e. The lowest BCUT2D eigenvalue weighted by Gasteiger charge is -2.19. The SMILES string of the molecule is C=C(Cc1cn(C(=O)OC(C)(C)C)c2ccccc12)OC.COC(=O)Cc1cn(C(=O)OC(C)(C)C)c2ccccc12.COC(=O)c1cc(Cc2cn(C(=O)OC(C)(C)C)c3ccccc23)c(C(=O)OC)nn1. The molecule has 0 atom stereocenters. The van der Waals surface area contributed by atoms with E-state index in [9.17, 15) is 28.8 Å². The number of esters is 3. The van der Waals surface area contributed by atoms with Crippen LogP contribution in [0.4, 0.5) is 14.4 Å². The molecule has 18 nitrogen and oxygen atoms in total. The molecule has 0 saturated heterocycles. The lowest BCUT2D eigenvalue weighted by Crippen LogP contribution is -2.26. The lowest BCUT2D eigenvalue weighted by atomic mass is 10.0. The fraction of sp³-hybridized carbons (Fsp3) is 0.345. The molecule has 0 amide bonds. The molecule has 73 heavy (non-hydrogen) atoms. The minimum absolute atomic E-state index is 0.0238. The Hall–Kier alpha value is -8.28. The molecular formula is C55H63N5O13. The number of allylic oxidation sites excluding steroid dienone is 1. The van der Waals surface area contributed by atoms with E-state index in [0.717, 1.165) is 38.4 Å². The standard InChI is InChI=1S/C22H23N3O6.C17H21NO3.C16H19NO4/c1-22(2,3)31-21(28)25-12-14(15-8-6-7-9-17(15)25)10-13-11-16(19(26)29-4)23-24-18(13)20(27)30-5;1-12(20-5)10-13-11-18(16(19)21-17(2,3)4)15-9-7-6-8-14(13)15;1-16(2,3)21-15(19)17-10-11(9-14(18)20-4)12-7-5-6-8-13(12)17/h6-9,11-12H,10H2,1-5H3;6-9,11H,1,10H2,2-5H3;5-8,10H,9H2,1-4H3. The second-order valence-corrected chi connectivity index (χ2v) is 19.5. The topological polar surface area (TPSA) is 208 Å². The maximum absolute atomic E-state index is 12.7. The van der Waals surface area contributed by atoms with Gasteiger partial charge in [-0.25, -0.2) is 24.0 Å². The first-order chi connectivity index (χ1) is 34.3. The molecule has 386 valence electrons. The number of carbonyl (C=O) groups is 6. The summed E-state index contributed by atoms with van der Waals surface area (Å²) in [4.78, 5) is 72.9. The lowest BCUT2D eigenvalue weighted by molar-refractivity contribution is -0.139. The van der Waals surface area contributed by atoms with Gasteiger partial charge in [0.15, 0.2) is 11.4 Å². The van der Waals surface area contributed by atoms with E-state index in [1.54, 1.807) is 57.1 Å². The summed E-state index contributed by atoms with van der Waals surface area (Å²) in [5.74, 6) is -1.06. The number of aromatic nitrogens is 5. The molecule has 4 aromatic heterocycles. The average molecular weight is 1000 g/mol. The number of rotatable bonds is 9. The van der Waals surface area contributed by atoms with Crippen LogP contribution < -0.4 is 0 Å². The van der Waals surface area contributed by atoms with Gasteiger partial charge in [0.25, 0.3) is 0 Å². The molecule has 18 heteroatoms. The zero-order valence-electron chi connectivity index (χ0n) is 43.6. The van der Waals surface area contributed by atoms with Gasteiger partial charge >= 0.3 is 36.2 Å². The smallest absolute Gasteiger partial charge is 0.419 e. The van der Waals surface area contributed by atoms with Gasteiger partial charge in [0.2, 0.25) is 0 Å². The van der Waals surface area contributed by atoms with Crippen LogP contribution in [0.5, 0.6) is 0 Å². The molecule has 0 aliphatic heterocycles. The Morgan fingerprint density at radius 2 is 0.863 bits per heavy atom. The van der Waals surface area contributed by atoms with Gasteiger partial charge in [-0.2, -0.15) is 0 Å². The van der Waals surface area contributed by atoms with Crippen molar-refractivity contribution in [1.82, 2.24) is 23.9 Å². The third-order valence-corrected chi connectivity index (χ3v) is 10.4. The molecule has 7 aromatic rings. The summed E-state index contributed by atoms with van der Waals surface area (Å²) in [6.07, 6.45) is 4.59. The summed E-state index contributed by atoms with van der Waals surface area (Å²) in [5.41, 5.74) is 3.23. The molecule has 0 radical (unpaired) electrons. The van der Waals surface area contributed by atoms with Crippen LogP contribution in [-0.4, -0.2) is 105 Å². The van der Waals surface area contributed by atoms with Crippen LogP contribution in [0.1, 0.15) is 106 Å². The van der Waals surface area contributed by atoms with Crippen molar-refractivity contribution in [3.63, 3.8) is 0 Å². The van der Waals surface area contributed by atoms with Crippen LogP contribution >= 0.6 is 0 Å². The predicted octanol–water partition coefficient (Wildman–Crippen LogP) is 10.6. The van der Waals surface area contributed by atoms with Gasteiger partial charge in [0.1, 0.15) is 16.8 Å². The number of para-hydroxylation sites is 3. The van der Waals surface area contributed by atoms with Gasteiger partial charge in [-0.05, 0) is 109 Å². The number of ether oxygens (including phenoxy) is 7. The molecule has 0 fully saturated rings. The van der Waals surface area contributed by atoms with Crippen LogP contribution in [0.2, 0.25) is 0 Å². The maximum atomic E-state index is 12.7. The van der Waals surface area contributed by atoms with E-state index < -0.39 is 40.9 Å². The molecular weight excluding hydrogens is 939 g/mol. The van der Waals surface area contributed by atoms with Crippen LogP contribution in [0, 0.1) is 0 Å². The highest BCUT2D eigenvalue weighted by molar-refractivity contribution is 5.96. The fourth-order valence-corrected chi connectivity index (χ4v) is 7.32. The van der Waals surface area contributed by atoms with Gasteiger partial charge in [0, 0.05) is 47.6 Å². The monoisotopic (exact) mass is 1000 g/mol. The predicted molar refractivity (Wildman–Crippen MR) is 274 cm³/mol. The van der Waals surface area contributed by atoms with Crippen LogP contribution in [0.25, 0.3) is 32.7 Å². The number of nitrogens with zero attached hydrogens (tertiary/aromatic N) is 5. The zero-order chi connectivity index (χ0) is 54.0. The third kappa shape index (κ3) is 14.6. The molecule has 4 heterocycles. The van der Waals surface area contributed by atoms with E-state index in [1.165, 1.54) is 36.5 Å². The van der Waals surface area contributed by atoms with E-state index in [0.29, 0.717) is 28.8 Å². The quantitative estimate of drug-likeness (QED) is 0.0748. The van der Waals surface area contributed by atoms with Crippen LogP contribution in [0.3, 0.4) is 0 Å². The van der Waals surface area contributed by atoms with Crippen molar-refractivity contribution in [2.24, 2.45) is 0 Å². The molecule has 3 aromatic carbocycles. The Balaban J connectivity index is 0.000000209. The summed E-state index contributed by atoms with van der Waals surface area (Å²) in [6, 6.07) is 23.9. The number of fused-ring (bicyclic) bond motifs is 3. The molecule has 0 aliphatic carbocycles. The second-order valence-electron chi connectivity index (χ2n) is 19.5. The van der Waals surface area contributed by atoms with Gasteiger partial charge in [-0.15, -0.1) is 10.2 Å². The van der Waals surface area contributed by atoms with Gasteiger partial charge in [-0.1, -0.05) is 61.2 Å². The van der Waals surface area contributed by atoms with Gasteiger partial charge < -0.3 is 33.2 Å². The Kier molecular flexibility index (Phi) is 17.8. The number of methoxy groups -OCH3 is 4. The van der Waals surface area contributed by atoms with E-state index >= 15 is 0 Å². The minimum Gasteiger partial charge on any atom is -0.501 e. The van der Waals surface area contributed by atoms with Crippen molar-refractivity contribution in [3.8, 4) is 0 Å². The molecule has 0 N–H and O–H groups in total. The summed E-state index contributed by atoms with van der Waals surface area (Å²) < 4.78 is 40.0. The van der Waals surface area contributed by atoms with E-state index in [4.69, 9.17) is 28.4 Å². The molecule has 7 rings (SSSR count). The zero-order valence-corrected chi connectivity index (χ0v) is 43.6. The first-order valence-electron chi connectivity index (χ1n) is 23.1. The summed E-state index contributed by atoms with van der Waals surface area (Å²) in [7, 11) is 5.40. The highest BCUT2D eigenvalue weighted by Crippen LogP contribution is 2.28. The number of carbonyl (C=O) groups excluding carboxylic acids is 6. The van der Waals surface area contributed by atoms with E-state index in [2.05, 4.69) is 21.5 Å². The van der Waals surface area contributed by atoms with Gasteiger partial charge in [-0.3, -0.25) is 18.5 Å². The van der Waals surface area contributed by atoms with Crippen molar-refractivity contribution in [2.45, 2.75) is 98.4 Å². The fourth-order valence-electron chi connectivity index (χ4n) is 7.32. The minimum atomic E-state index is -0.685. The maximum Gasteiger partial charge on any atom is 0.419 e. The molecule has 0 unspecified atom stereocenters. The molecule has 0 aliphatic rings. The summed E-state index contributed by atoms with van der Waals surface area (Å²) in [6.45, 7) is 20.2. The molecule has 0 bridgehead atoms. The first kappa shape index (κ1) is 55.6. The Labute approximate surface area is 423 Å². The van der Waals surface area contributed by atoms with Gasteiger partial charge in [0.05, 0.1) is 57.2 Å². The summed E-state index contributed by atoms with van der Waals surface area (Å²) in [5, 5.41) is 10.2. The van der Waals surface area contributed by atoms with Crippen molar-refractivity contribution in [2.75, 3.05) is 28.4 Å². The number of hydrogen-bond acceptors (Lipinski definition) is 15. The highest BCUT2D eigenvalue weighted by Gasteiger charge is 2.26. The molecule has 0 saturated carbocycles. The van der Waals surface area contributed by atoms with Crippen LogP contribution in [-0.2, 0) is 57.2 Å². The average Bonchev–Trinajstić information content (AvgIpc) is 4.01. The first-order valence-corrected chi connectivity index (χ1v) is 23.1. The Bertz CT molecular complexity index is 3050. The van der Waals surface area contributed by atoms with Crippen LogP contribution in [0.15, 0.2) is 110 Å². The van der Waals surface area contributed by atoms with Crippen molar-refractivity contribution < 1.29 is 61.9 Å². The normalized spacial score (nSPS) is 11.4. The second kappa shape index (κ2) is 23.3. The Morgan fingerprint density at radius 1 is 0.479 bits per heavy atom. The number of hydrogen-bond donors (Lipinski definition) is 0. The third-order valence-electron chi connectivity index (χ3n) is 10.4. The number of benzene rings is 3. The summed E-state index contributed by atoms with van der Waals surface area (Å²) >= 11 is 0. The van der Waals surface area contributed by atoms with E-state index in [1.807, 2.05) is 108 Å². The van der Waals surface area contributed by atoms with E-state index in [-0.39, 0.29) is 36.3 Å². The Morgan fingerprint density at radius 3 is 1.25 bits per heavy atom. The molecule has 0 spiro atoms. The van der Waals surface area contributed by atoms with Crippen molar-refractivity contribution in [3.05, 3.63) is 143 Å². The van der Waals surface area contributed by atoms with Crippen molar-refractivity contribution in [1.29, 1.82) is 0 Å². The highest BCUT2D eigenvalue weighted by atomic mass is 16.6.